The molecule has 1 aliphatic heterocycles. The molecule has 2 atom stereocenters. The fourth-order valence-electron chi connectivity index (χ4n) is 3.22. The third-order valence-corrected chi connectivity index (χ3v) is 4.35. The summed E-state index contributed by atoms with van der Waals surface area (Å²) in [5.41, 5.74) is 0.237. The molecular formula is C13H25N3O2. The number of nitrogens with one attached hydrogen (secondary N) is 2. The molecule has 5 heteroatoms. The minimum atomic E-state index is 0.237. The number of aliphatic imine (C=N–C) groups is 1. The van der Waals surface area contributed by atoms with Gasteiger partial charge in [-0.3, -0.25) is 4.99 Å². The van der Waals surface area contributed by atoms with E-state index in [2.05, 4.69) is 22.5 Å². The monoisotopic (exact) mass is 255 g/mol. The van der Waals surface area contributed by atoms with Crippen molar-refractivity contribution in [2.45, 2.75) is 38.3 Å². The van der Waals surface area contributed by atoms with Crippen LogP contribution in [0.15, 0.2) is 4.99 Å². The van der Waals surface area contributed by atoms with Crippen LogP contribution in [0.2, 0.25) is 0 Å². The van der Waals surface area contributed by atoms with Crippen LogP contribution in [-0.4, -0.2) is 52.0 Å². The zero-order valence-corrected chi connectivity index (χ0v) is 11.7. The Morgan fingerprint density at radius 3 is 2.72 bits per heavy atom. The maximum atomic E-state index is 5.89. The highest BCUT2D eigenvalue weighted by Crippen LogP contribution is 2.50. The standard InChI is InChI=1S/C13H25N3O2/c1-4-18-11-9-10(16-12(14-2)15-3)13(11)5-7-17-8-6-13/h10-11H,4-9H2,1-3H3,(H2,14,15,16). The Bertz CT molecular complexity index is 301. The summed E-state index contributed by atoms with van der Waals surface area (Å²) in [4.78, 5) is 4.20. The second-order valence-corrected chi connectivity index (χ2v) is 5.04. The molecule has 1 spiro atoms. The van der Waals surface area contributed by atoms with E-state index in [0.29, 0.717) is 12.1 Å². The summed E-state index contributed by atoms with van der Waals surface area (Å²) in [7, 11) is 3.69. The number of ether oxygens (including phenoxy) is 2. The van der Waals surface area contributed by atoms with Gasteiger partial charge in [0.1, 0.15) is 0 Å². The molecule has 0 aromatic rings. The van der Waals surface area contributed by atoms with Crippen LogP contribution in [0.5, 0.6) is 0 Å². The van der Waals surface area contributed by atoms with Gasteiger partial charge < -0.3 is 20.1 Å². The van der Waals surface area contributed by atoms with Crippen molar-refractivity contribution in [3.8, 4) is 0 Å². The molecule has 1 saturated carbocycles. The highest BCUT2D eigenvalue weighted by Gasteiger charge is 2.56. The molecule has 5 nitrogen and oxygen atoms in total. The SMILES string of the molecule is CCOC1CC(NC(=NC)NC)C12CCOCC2. The van der Waals surface area contributed by atoms with Gasteiger partial charge in [0.05, 0.1) is 6.10 Å². The number of nitrogens with zero attached hydrogens (tertiary/aromatic N) is 1. The molecule has 104 valence electrons. The first-order valence-electron chi connectivity index (χ1n) is 6.87. The second-order valence-electron chi connectivity index (χ2n) is 5.04. The lowest BCUT2D eigenvalue weighted by atomic mass is 9.57. The normalized spacial score (nSPS) is 30.9. The minimum Gasteiger partial charge on any atom is -0.381 e. The Morgan fingerprint density at radius 1 is 1.44 bits per heavy atom. The van der Waals surface area contributed by atoms with Crippen molar-refractivity contribution in [2.75, 3.05) is 33.9 Å². The molecule has 1 saturated heterocycles. The number of hydrogen-bond acceptors (Lipinski definition) is 3. The molecule has 0 aromatic carbocycles. The zero-order valence-electron chi connectivity index (χ0n) is 11.7. The van der Waals surface area contributed by atoms with Gasteiger partial charge >= 0.3 is 0 Å². The van der Waals surface area contributed by atoms with Gasteiger partial charge in [0.15, 0.2) is 5.96 Å². The molecule has 0 radical (unpaired) electrons. The van der Waals surface area contributed by atoms with Crippen molar-refractivity contribution in [3.63, 3.8) is 0 Å². The van der Waals surface area contributed by atoms with Crippen molar-refractivity contribution in [2.24, 2.45) is 10.4 Å². The van der Waals surface area contributed by atoms with E-state index in [-0.39, 0.29) is 5.41 Å². The third-order valence-electron chi connectivity index (χ3n) is 4.35. The number of rotatable bonds is 3. The van der Waals surface area contributed by atoms with E-state index in [1.807, 2.05) is 7.05 Å². The summed E-state index contributed by atoms with van der Waals surface area (Å²) in [5, 5.41) is 6.59. The molecule has 2 N–H and O–H groups in total. The van der Waals surface area contributed by atoms with Crippen LogP contribution < -0.4 is 10.6 Å². The van der Waals surface area contributed by atoms with Gasteiger partial charge in [-0.25, -0.2) is 0 Å². The van der Waals surface area contributed by atoms with E-state index < -0.39 is 0 Å². The number of hydrogen-bond donors (Lipinski definition) is 2. The topological polar surface area (TPSA) is 54.9 Å². The Labute approximate surface area is 109 Å². The number of guanidine groups is 1. The summed E-state index contributed by atoms with van der Waals surface area (Å²) in [6.45, 7) is 4.56. The van der Waals surface area contributed by atoms with Crippen LogP contribution in [0, 0.1) is 5.41 Å². The van der Waals surface area contributed by atoms with Crippen LogP contribution in [0.25, 0.3) is 0 Å². The maximum absolute atomic E-state index is 5.89. The van der Waals surface area contributed by atoms with Gasteiger partial charge in [0.25, 0.3) is 0 Å². The Balaban J connectivity index is 2.03. The molecule has 2 rings (SSSR count). The fourth-order valence-corrected chi connectivity index (χ4v) is 3.22. The minimum absolute atomic E-state index is 0.237. The molecular weight excluding hydrogens is 230 g/mol. The lowest BCUT2D eigenvalue weighted by Crippen LogP contribution is -2.67. The highest BCUT2D eigenvalue weighted by molar-refractivity contribution is 5.79. The largest absolute Gasteiger partial charge is 0.381 e. The first-order chi connectivity index (χ1) is 8.76. The van der Waals surface area contributed by atoms with Crippen molar-refractivity contribution in [1.29, 1.82) is 0 Å². The summed E-state index contributed by atoms with van der Waals surface area (Å²) in [6, 6.07) is 0.448. The highest BCUT2D eigenvalue weighted by atomic mass is 16.5. The van der Waals surface area contributed by atoms with Gasteiger partial charge in [-0.2, -0.15) is 0 Å². The van der Waals surface area contributed by atoms with Gasteiger partial charge in [0, 0.05) is 45.4 Å². The van der Waals surface area contributed by atoms with Crippen LogP contribution in [-0.2, 0) is 9.47 Å². The van der Waals surface area contributed by atoms with E-state index in [0.717, 1.165) is 45.0 Å². The first-order valence-corrected chi connectivity index (χ1v) is 6.87. The molecule has 0 aromatic heterocycles. The molecule has 1 aliphatic carbocycles. The molecule has 2 aliphatic rings. The second kappa shape index (κ2) is 5.89. The van der Waals surface area contributed by atoms with Crippen LogP contribution in [0.4, 0.5) is 0 Å². The molecule has 1 heterocycles. The smallest absolute Gasteiger partial charge is 0.190 e. The van der Waals surface area contributed by atoms with Crippen LogP contribution in [0.3, 0.4) is 0 Å². The predicted octanol–water partition coefficient (Wildman–Crippen LogP) is 0.755. The van der Waals surface area contributed by atoms with E-state index in [1.165, 1.54) is 0 Å². The maximum Gasteiger partial charge on any atom is 0.190 e. The van der Waals surface area contributed by atoms with Gasteiger partial charge in [-0.15, -0.1) is 0 Å². The predicted molar refractivity (Wildman–Crippen MR) is 71.9 cm³/mol. The molecule has 0 amide bonds. The zero-order chi connectivity index (χ0) is 13.0. The van der Waals surface area contributed by atoms with E-state index in [4.69, 9.17) is 9.47 Å². The fraction of sp³-hybridized carbons (Fsp3) is 0.923. The van der Waals surface area contributed by atoms with Gasteiger partial charge in [0.2, 0.25) is 0 Å². The Morgan fingerprint density at radius 2 is 2.17 bits per heavy atom. The van der Waals surface area contributed by atoms with E-state index >= 15 is 0 Å². The van der Waals surface area contributed by atoms with E-state index in [9.17, 15) is 0 Å². The molecule has 2 unspecified atom stereocenters. The average molecular weight is 255 g/mol. The van der Waals surface area contributed by atoms with Crippen LogP contribution in [0.1, 0.15) is 26.2 Å². The first kappa shape index (κ1) is 13.6. The van der Waals surface area contributed by atoms with Gasteiger partial charge in [-0.1, -0.05) is 0 Å². The van der Waals surface area contributed by atoms with Crippen LogP contribution >= 0.6 is 0 Å². The summed E-state index contributed by atoms with van der Waals surface area (Å²) in [5.74, 6) is 0.862. The Hall–Kier alpha value is -0.810. The van der Waals surface area contributed by atoms with Crippen molar-refractivity contribution in [3.05, 3.63) is 0 Å². The quantitative estimate of drug-likeness (QED) is 0.577. The lowest BCUT2D eigenvalue weighted by molar-refractivity contribution is -0.169. The average Bonchev–Trinajstić information content (AvgIpc) is 2.43. The molecule has 2 fully saturated rings. The van der Waals surface area contributed by atoms with Gasteiger partial charge in [-0.05, 0) is 26.2 Å². The molecule has 0 bridgehead atoms. The summed E-state index contributed by atoms with van der Waals surface area (Å²) < 4.78 is 11.4. The summed E-state index contributed by atoms with van der Waals surface area (Å²) in [6.07, 6.45) is 3.60. The molecule has 18 heavy (non-hydrogen) atoms. The van der Waals surface area contributed by atoms with E-state index in [1.54, 1.807) is 7.05 Å². The Kier molecular flexibility index (Phi) is 4.45. The van der Waals surface area contributed by atoms with Crippen molar-refractivity contribution < 1.29 is 9.47 Å². The van der Waals surface area contributed by atoms with Crippen molar-refractivity contribution in [1.82, 2.24) is 10.6 Å². The third kappa shape index (κ3) is 2.34. The lowest BCUT2D eigenvalue weighted by Gasteiger charge is -2.57. The summed E-state index contributed by atoms with van der Waals surface area (Å²) >= 11 is 0. The van der Waals surface area contributed by atoms with Crippen molar-refractivity contribution >= 4 is 5.96 Å².